The number of rotatable bonds is 4. The molecular weight excluding hydrogens is 264 g/mol. The van der Waals surface area contributed by atoms with Gasteiger partial charge >= 0.3 is 0 Å². The molecule has 0 bridgehead atoms. The molecule has 0 aromatic heterocycles. The van der Waals surface area contributed by atoms with E-state index < -0.39 is 0 Å². The van der Waals surface area contributed by atoms with E-state index in [1.807, 2.05) is 36.4 Å². The van der Waals surface area contributed by atoms with Crippen LogP contribution in [0.3, 0.4) is 0 Å². The molecule has 0 unspecified atom stereocenters. The monoisotopic (exact) mass is 280 g/mol. The molecule has 0 radical (unpaired) electrons. The van der Waals surface area contributed by atoms with Crippen molar-refractivity contribution in [3.05, 3.63) is 77.5 Å². The zero-order valence-electron chi connectivity index (χ0n) is 11.7. The Morgan fingerprint density at radius 2 is 1.48 bits per heavy atom. The van der Waals surface area contributed by atoms with E-state index in [4.69, 9.17) is 0 Å². The summed E-state index contributed by atoms with van der Waals surface area (Å²) in [5.41, 5.74) is 1.54. The van der Waals surface area contributed by atoms with Gasteiger partial charge in [0.25, 0.3) is 11.8 Å². The van der Waals surface area contributed by atoms with Crippen LogP contribution in [0.25, 0.3) is 6.08 Å². The summed E-state index contributed by atoms with van der Waals surface area (Å²) in [7, 11) is 1.52. The maximum absolute atomic E-state index is 12.1. The average Bonchev–Trinajstić information content (AvgIpc) is 2.55. The van der Waals surface area contributed by atoms with Crippen molar-refractivity contribution in [1.29, 1.82) is 0 Å². The van der Waals surface area contributed by atoms with Crippen molar-refractivity contribution in [2.24, 2.45) is 0 Å². The Morgan fingerprint density at radius 1 is 0.905 bits per heavy atom. The van der Waals surface area contributed by atoms with Gasteiger partial charge in [-0.25, -0.2) is 0 Å². The molecule has 2 aromatic rings. The molecule has 106 valence electrons. The number of hydrogen-bond acceptors (Lipinski definition) is 2. The predicted octanol–water partition coefficient (Wildman–Crippen LogP) is 2.20. The molecule has 0 spiro atoms. The summed E-state index contributed by atoms with van der Waals surface area (Å²) in [6.07, 6.45) is 1.64. The van der Waals surface area contributed by atoms with Gasteiger partial charge in [-0.2, -0.15) is 0 Å². The number of benzene rings is 2. The maximum Gasteiger partial charge on any atom is 0.267 e. The molecule has 0 heterocycles. The third-order valence-corrected chi connectivity index (χ3v) is 2.87. The number of nitrogens with one attached hydrogen (secondary N) is 2. The molecule has 21 heavy (non-hydrogen) atoms. The Bertz CT molecular complexity index is 649. The van der Waals surface area contributed by atoms with Crippen molar-refractivity contribution in [1.82, 2.24) is 10.6 Å². The lowest BCUT2D eigenvalue weighted by molar-refractivity contribution is -0.117. The lowest BCUT2D eigenvalue weighted by Crippen LogP contribution is -2.33. The van der Waals surface area contributed by atoms with Gasteiger partial charge in [0.1, 0.15) is 5.70 Å². The molecule has 0 fully saturated rings. The lowest BCUT2D eigenvalue weighted by Gasteiger charge is -2.09. The largest absolute Gasteiger partial charge is 0.354 e. The highest BCUT2D eigenvalue weighted by atomic mass is 16.2. The second-order valence-electron chi connectivity index (χ2n) is 4.37. The van der Waals surface area contributed by atoms with Gasteiger partial charge in [-0.15, -0.1) is 0 Å². The van der Waals surface area contributed by atoms with Crippen molar-refractivity contribution in [2.45, 2.75) is 0 Å². The topological polar surface area (TPSA) is 58.2 Å². The first-order valence-corrected chi connectivity index (χ1v) is 6.56. The number of amides is 2. The fourth-order valence-corrected chi connectivity index (χ4v) is 1.79. The summed E-state index contributed by atoms with van der Waals surface area (Å²) < 4.78 is 0. The molecule has 2 N–H and O–H groups in total. The summed E-state index contributed by atoms with van der Waals surface area (Å²) in [4.78, 5) is 24.0. The van der Waals surface area contributed by atoms with Gasteiger partial charge in [-0.05, 0) is 23.8 Å². The smallest absolute Gasteiger partial charge is 0.267 e. The van der Waals surface area contributed by atoms with Gasteiger partial charge < -0.3 is 10.6 Å². The third kappa shape index (κ3) is 4.04. The van der Waals surface area contributed by atoms with Gasteiger partial charge in [0, 0.05) is 12.6 Å². The summed E-state index contributed by atoms with van der Waals surface area (Å²) in [5.74, 6) is -0.662. The lowest BCUT2D eigenvalue weighted by atomic mass is 10.1. The van der Waals surface area contributed by atoms with Crippen LogP contribution in [-0.4, -0.2) is 18.9 Å². The highest BCUT2D eigenvalue weighted by Crippen LogP contribution is 2.06. The van der Waals surface area contributed by atoms with Gasteiger partial charge in [0.05, 0.1) is 0 Å². The van der Waals surface area contributed by atoms with E-state index in [-0.39, 0.29) is 17.5 Å². The first-order valence-electron chi connectivity index (χ1n) is 6.56. The minimum absolute atomic E-state index is 0.206. The highest BCUT2D eigenvalue weighted by Gasteiger charge is 2.12. The number of likely N-dealkylation sites (N-methyl/N-ethyl adjacent to an activating group) is 1. The minimum Gasteiger partial charge on any atom is -0.354 e. The molecule has 0 saturated carbocycles. The van der Waals surface area contributed by atoms with E-state index in [0.29, 0.717) is 5.56 Å². The van der Waals surface area contributed by atoms with Crippen LogP contribution in [0.15, 0.2) is 66.4 Å². The standard InChI is InChI=1S/C17H16N2O2/c1-18-17(21)15(12-13-8-4-2-5-9-13)19-16(20)14-10-6-3-7-11-14/h2-12H,1H3,(H,18,21)(H,19,20). The number of hydrogen-bond donors (Lipinski definition) is 2. The maximum atomic E-state index is 12.1. The molecular formula is C17H16N2O2. The molecule has 2 amide bonds. The first kappa shape index (κ1) is 14.5. The van der Waals surface area contributed by atoms with Crippen LogP contribution >= 0.6 is 0 Å². The molecule has 0 aliphatic rings. The highest BCUT2D eigenvalue weighted by molar-refractivity contribution is 6.05. The third-order valence-electron chi connectivity index (χ3n) is 2.87. The van der Waals surface area contributed by atoms with E-state index in [9.17, 15) is 9.59 Å². The fraction of sp³-hybridized carbons (Fsp3) is 0.0588. The Hall–Kier alpha value is -2.88. The summed E-state index contributed by atoms with van der Waals surface area (Å²) >= 11 is 0. The Morgan fingerprint density at radius 3 is 2.05 bits per heavy atom. The van der Waals surface area contributed by atoms with Crippen LogP contribution in [0.2, 0.25) is 0 Å². The van der Waals surface area contributed by atoms with E-state index in [1.54, 1.807) is 30.3 Å². The molecule has 4 heteroatoms. The molecule has 2 rings (SSSR count). The molecule has 0 aliphatic heterocycles. The van der Waals surface area contributed by atoms with Crippen LogP contribution in [0, 0.1) is 0 Å². The van der Waals surface area contributed by atoms with Crippen molar-refractivity contribution in [2.75, 3.05) is 7.05 Å². The average molecular weight is 280 g/mol. The second kappa shape index (κ2) is 7.05. The van der Waals surface area contributed by atoms with Crippen molar-refractivity contribution < 1.29 is 9.59 Å². The minimum atomic E-state index is -0.344. The van der Waals surface area contributed by atoms with Gasteiger partial charge in [0.2, 0.25) is 0 Å². The quantitative estimate of drug-likeness (QED) is 0.844. The Kier molecular flexibility index (Phi) is 4.88. The number of carbonyl (C=O) groups excluding carboxylic acids is 2. The van der Waals surface area contributed by atoms with Crippen LogP contribution in [-0.2, 0) is 4.79 Å². The van der Waals surface area contributed by atoms with E-state index in [2.05, 4.69) is 10.6 Å². The van der Waals surface area contributed by atoms with Crippen LogP contribution < -0.4 is 10.6 Å². The molecule has 0 aliphatic carbocycles. The Labute approximate surface area is 123 Å². The predicted molar refractivity (Wildman–Crippen MR) is 82.4 cm³/mol. The summed E-state index contributed by atoms with van der Waals surface area (Å²) in [6.45, 7) is 0. The van der Waals surface area contributed by atoms with Crippen molar-refractivity contribution in [3.8, 4) is 0 Å². The SMILES string of the molecule is CNC(=O)C(=Cc1ccccc1)NC(=O)c1ccccc1. The normalized spacial score (nSPS) is 10.8. The molecule has 0 saturated heterocycles. The van der Waals surface area contributed by atoms with Crippen molar-refractivity contribution >= 4 is 17.9 Å². The summed E-state index contributed by atoms with van der Waals surface area (Å²) in [6, 6.07) is 18.1. The molecule has 4 nitrogen and oxygen atoms in total. The second-order valence-corrected chi connectivity index (χ2v) is 4.37. The molecule has 0 atom stereocenters. The van der Waals surface area contributed by atoms with Crippen LogP contribution in [0.5, 0.6) is 0 Å². The summed E-state index contributed by atoms with van der Waals surface area (Å²) in [5, 5.41) is 5.16. The van der Waals surface area contributed by atoms with E-state index in [1.165, 1.54) is 7.05 Å². The van der Waals surface area contributed by atoms with Crippen LogP contribution in [0.1, 0.15) is 15.9 Å². The Balaban J connectivity index is 2.24. The first-order chi connectivity index (χ1) is 10.2. The zero-order chi connectivity index (χ0) is 15.1. The van der Waals surface area contributed by atoms with Gasteiger partial charge in [-0.1, -0.05) is 48.5 Å². The molecule has 2 aromatic carbocycles. The van der Waals surface area contributed by atoms with Gasteiger partial charge in [0.15, 0.2) is 0 Å². The zero-order valence-corrected chi connectivity index (χ0v) is 11.7. The number of carbonyl (C=O) groups is 2. The van der Waals surface area contributed by atoms with Crippen LogP contribution in [0.4, 0.5) is 0 Å². The fourth-order valence-electron chi connectivity index (χ4n) is 1.79. The van der Waals surface area contributed by atoms with Gasteiger partial charge in [-0.3, -0.25) is 9.59 Å². The van der Waals surface area contributed by atoms with E-state index in [0.717, 1.165) is 5.56 Å². The van der Waals surface area contributed by atoms with Crippen molar-refractivity contribution in [3.63, 3.8) is 0 Å². The van der Waals surface area contributed by atoms with E-state index >= 15 is 0 Å².